The maximum Gasteiger partial charge on any atom is 0.332 e. The van der Waals surface area contributed by atoms with E-state index in [0.29, 0.717) is 34.4 Å². The smallest absolute Gasteiger partial charge is 0.332 e. The third-order valence-electron chi connectivity index (χ3n) is 6.51. The summed E-state index contributed by atoms with van der Waals surface area (Å²) in [6.45, 7) is -0.602. The Balaban J connectivity index is 1.32. The van der Waals surface area contributed by atoms with E-state index in [0.717, 1.165) is 10.1 Å². The molecular weight excluding hydrogens is 508 g/mol. The van der Waals surface area contributed by atoms with E-state index in [1.165, 1.54) is 16.7 Å². The maximum atomic E-state index is 13.7. The zero-order valence-corrected chi connectivity index (χ0v) is 20.2. The normalized spacial score (nSPS) is 13.2. The van der Waals surface area contributed by atoms with Gasteiger partial charge in [0, 0.05) is 17.2 Å². The molecule has 0 radical (unpaired) electrons. The Bertz CT molecular complexity index is 1890. The molecule has 194 valence electrons. The van der Waals surface area contributed by atoms with E-state index < -0.39 is 11.2 Å². The predicted octanol–water partition coefficient (Wildman–Crippen LogP) is 2.60. The first-order valence-electron chi connectivity index (χ1n) is 11.9. The van der Waals surface area contributed by atoms with Crippen molar-refractivity contribution >= 4 is 16.7 Å². The number of fused-ring (bicyclic) bond motifs is 3. The highest BCUT2D eigenvalue weighted by molar-refractivity contribution is 5.97. The molecule has 2 aromatic heterocycles. The first-order chi connectivity index (χ1) is 19.0. The number of Topliss-reactive ketones (excluding diaryl/α,β-unsaturated/α-hetero) is 1. The molecular formula is C27H18N4O8. The second-order valence-electron chi connectivity index (χ2n) is 8.85. The quantitative estimate of drug-likeness (QED) is 0.304. The molecule has 0 bridgehead atoms. The average molecular weight is 526 g/mol. The summed E-state index contributed by atoms with van der Waals surface area (Å²) in [7, 11) is 0. The van der Waals surface area contributed by atoms with Crippen LogP contribution >= 0.6 is 0 Å². The summed E-state index contributed by atoms with van der Waals surface area (Å²) in [5.41, 5.74) is -0.0467. The van der Waals surface area contributed by atoms with Crippen LogP contribution in [0.2, 0.25) is 0 Å². The van der Waals surface area contributed by atoms with Crippen LogP contribution in [0.1, 0.15) is 16.2 Å². The molecule has 12 nitrogen and oxygen atoms in total. The number of ether oxygens (including phenoxy) is 4. The van der Waals surface area contributed by atoms with Crippen LogP contribution in [0.3, 0.4) is 0 Å². The minimum atomic E-state index is -0.722. The average Bonchev–Trinajstić information content (AvgIpc) is 3.73. The summed E-state index contributed by atoms with van der Waals surface area (Å²) in [5, 5.41) is 4.13. The van der Waals surface area contributed by atoms with Gasteiger partial charge in [-0.2, -0.15) is 4.98 Å². The first-order valence-corrected chi connectivity index (χ1v) is 11.9. The summed E-state index contributed by atoms with van der Waals surface area (Å²) in [5.74, 6) is 1.71. The Labute approximate surface area is 218 Å². The van der Waals surface area contributed by atoms with E-state index in [2.05, 4.69) is 10.1 Å². The van der Waals surface area contributed by atoms with Crippen molar-refractivity contribution in [3.8, 4) is 34.4 Å². The highest BCUT2D eigenvalue weighted by Crippen LogP contribution is 2.35. The number of benzene rings is 3. The number of carbonyl (C=O) groups excluding carboxylic acids is 1. The number of hydrogen-bond donors (Lipinski definition) is 0. The fourth-order valence-electron chi connectivity index (χ4n) is 4.56. The van der Waals surface area contributed by atoms with Crippen LogP contribution < -0.4 is 30.2 Å². The molecule has 0 fully saturated rings. The zero-order valence-electron chi connectivity index (χ0n) is 20.2. The molecule has 0 N–H and O–H groups in total. The molecule has 0 saturated heterocycles. The molecule has 0 atom stereocenters. The van der Waals surface area contributed by atoms with Crippen molar-refractivity contribution < 1.29 is 28.3 Å². The summed E-state index contributed by atoms with van der Waals surface area (Å²) in [6.07, 6.45) is 0. The molecule has 0 saturated carbocycles. The van der Waals surface area contributed by atoms with E-state index in [9.17, 15) is 14.4 Å². The lowest BCUT2D eigenvalue weighted by atomic mass is 10.1. The van der Waals surface area contributed by atoms with Crippen molar-refractivity contribution in [3.05, 3.63) is 93.0 Å². The highest BCUT2D eigenvalue weighted by Gasteiger charge is 2.24. The Hall–Kier alpha value is -5.39. The standard InChI is InChI=1S/C27H18N4O8/c32-19(16-6-7-20-21(8-16)36-13-35-20)11-30-18-10-23-22(37-14-38-23)9-17(18)26(33)31(27(30)34)12-24-28-25(29-39-24)15-4-2-1-3-5-15/h1-10H,11-14H2. The van der Waals surface area contributed by atoms with E-state index in [1.807, 2.05) is 30.3 Å². The summed E-state index contributed by atoms with van der Waals surface area (Å²) >= 11 is 0. The molecule has 7 rings (SSSR count). The molecule has 2 aliphatic rings. The second-order valence-corrected chi connectivity index (χ2v) is 8.85. The van der Waals surface area contributed by atoms with Gasteiger partial charge in [-0.25, -0.2) is 4.79 Å². The van der Waals surface area contributed by atoms with Gasteiger partial charge < -0.3 is 23.5 Å². The van der Waals surface area contributed by atoms with E-state index in [-0.39, 0.29) is 49.3 Å². The molecule has 0 spiro atoms. The Morgan fingerprint density at radius 1 is 0.821 bits per heavy atom. The number of rotatable bonds is 6. The largest absolute Gasteiger partial charge is 0.454 e. The number of carbonyl (C=O) groups is 1. The number of hydrogen-bond acceptors (Lipinski definition) is 10. The monoisotopic (exact) mass is 526 g/mol. The first kappa shape index (κ1) is 22.8. The molecule has 0 amide bonds. The zero-order chi connectivity index (χ0) is 26.5. The Morgan fingerprint density at radius 2 is 1.54 bits per heavy atom. The van der Waals surface area contributed by atoms with Crippen LogP contribution in [-0.4, -0.2) is 38.6 Å². The van der Waals surface area contributed by atoms with Crippen LogP contribution in [0.25, 0.3) is 22.3 Å². The van der Waals surface area contributed by atoms with E-state index in [4.69, 9.17) is 23.5 Å². The predicted molar refractivity (Wildman–Crippen MR) is 134 cm³/mol. The highest BCUT2D eigenvalue weighted by atomic mass is 16.7. The van der Waals surface area contributed by atoms with Gasteiger partial charge in [0.05, 0.1) is 17.4 Å². The second kappa shape index (κ2) is 8.87. The molecule has 5 aromatic rings. The molecule has 3 aromatic carbocycles. The summed E-state index contributed by atoms with van der Waals surface area (Å²) < 4.78 is 29.1. The van der Waals surface area contributed by atoms with Gasteiger partial charge in [0.1, 0.15) is 6.54 Å². The van der Waals surface area contributed by atoms with Gasteiger partial charge >= 0.3 is 5.69 Å². The number of aromatic nitrogens is 4. The molecule has 2 aliphatic heterocycles. The molecule has 0 unspecified atom stereocenters. The van der Waals surface area contributed by atoms with Gasteiger partial charge in [0.15, 0.2) is 28.8 Å². The molecule has 12 heteroatoms. The van der Waals surface area contributed by atoms with Crippen LogP contribution in [0.4, 0.5) is 0 Å². The van der Waals surface area contributed by atoms with Crippen molar-refractivity contribution in [3.63, 3.8) is 0 Å². The van der Waals surface area contributed by atoms with Crippen molar-refractivity contribution in [1.82, 2.24) is 19.3 Å². The van der Waals surface area contributed by atoms with Gasteiger partial charge in [-0.3, -0.25) is 18.7 Å². The minimum Gasteiger partial charge on any atom is -0.454 e. The van der Waals surface area contributed by atoms with Crippen LogP contribution in [0.5, 0.6) is 23.0 Å². The minimum absolute atomic E-state index is 0.0234. The summed E-state index contributed by atoms with van der Waals surface area (Å²) in [6, 6.07) is 17.0. The van der Waals surface area contributed by atoms with Crippen molar-refractivity contribution in [2.45, 2.75) is 13.1 Å². The topological polar surface area (TPSA) is 137 Å². The number of ketones is 1. The van der Waals surface area contributed by atoms with Gasteiger partial charge in [-0.15, -0.1) is 0 Å². The maximum absolute atomic E-state index is 13.7. The lowest BCUT2D eigenvalue weighted by Gasteiger charge is -2.13. The third-order valence-corrected chi connectivity index (χ3v) is 6.51. The van der Waals surface area contributed by atoms with Gasteiger partial charge in [-0.1, -0.05) is 35.5 Å². The fraction of sp³-hybridized carbons (Fsp3) is 0.148. The van der Waals surface area contributed by atoms with Crippen LogP contribution in [0.15, 0.2) is 74.8 Å². The van der Waals surface area contributed by atoms with Gasteiger partial charge in [-0.05, 0) is 24.3 Å². The molecule has 4 heterocycles. The van der Waals surface area contributed by atoms with Crippen molar-refractivity contribution in [1.29, 1.82) is 0 Å². The summed E-state index contributed by atoms with van der Waals surface area (Å²) in [4.78, 5) is 44.9. The molecule has 0 aliphatic carbocycles. The van der Waals surface area contributed by atoms with Crippen molar-refractivity contribution in [2.24, 2.45) is 0 Å². The van der Waals surface area contributed by atoms with E-state index in [1.54, 1.807) is 18.2 Å². The Morgan fingerprint density at radius 3 is 2.33 bits per heavy atom. The van der Waals surface area contributed by atoms with Crippen LogP contribution in [-0.2, 0) is 13.1 Å². The Kier molecular flexibility index (Phi) is 5.18. The van der Waals surface area contributed by atoms with Gasteiger partial charge in [0.25, 0.3) is 5.56 Å². The van der Waals surface area contributed by atoms with E-state index >= 15 is 0 Å². The van der Waals surface area contributed by atoms with Gasteiger partial charge in [0.2, 0.25) is 25.3 Å². The molecule has 39 heavy (non-hydrogen) atoms. The van der Waals surface area contributed by atoms with Crippen molar-refractivity contribution in [2.75, 3.05) is 13.6 Å². The third kappa shape index (κ3) is 3.89. The number of nitrogens with zero attached hydrogens (tertiary/aromatic N) is 4. The lowest BCUT2D eigenvalue weighted by Crippen LogP contribution is -2.41. The fourth-order valence-corrected chi connectivity index (χ4v) is 4.56. The lowest BCUT2D eigenvalue weighted by molar-refractivity contribution is 0.0971. The van der Waals surface area contributed by atoms with Crippen LogP contribution in [0, 0.1) is 0 Å². The SMILES string of the molecule is O=C(Cn1c(=O)n(Cc2nc(-c3ccccc3)no2)c(=O)c2cc3c(cc21)OCO3)c1ccc2c(c1)OCO2.